The second-order valence-corrected chi connectivity index (χ2v) is 25.4. The first-order chi connectivity index (χ1) is 20.4. The first-order valence-electron chi connectivity index (χ1n) is 17.1. The predicted molar refractivity (Wildman–Crippen MR) is 192 cm³/mol. The van der Waals surface area contributed by atoms with E-state index in [0.717, 1.165) is 32.1 Å². The summed E-state index contributed by atoms with van der Waals surface area (Å²) in [5, 5.41) is 14.5. The zero-order valence-corrected chi connectivity index (χ0v) is 31.9. The lowest BCUT2D eigenvalue weighted by Gasteiger charge is -2.40. The van der Waals surface area contributed by atoms with E-state index in [0.29, 0.717) is 19.4 Å². The second kappa shape index (κ2) is 16.9. The summed E-state index contributed by atoms with van der Waals surface area (Å²) in [4.78, 5) is 11.8. The second-order valence-electron chi connectivity index (χ2n) is 15.8. The highest BCUT2D eigenvalue weighted by molar-refractivity contribution is 6.74. The van der Waals surface area contributed by atoms with Crippen molar-refractivity contribution >= 4 is 22.5 Å². The molecular weight excluding hydrogens is 579 g/mol. The third-order valence-electron chi connectivity index (χ3n) is 10.2. The Bertz CT molecular complexity index is 1060. The van der Waals surface area contributed by atoms with Crippen LogP contribution >= 0.6 is 0 Å². The summed E-state index contributed by atoms with van der Waals surface area (Å²) in [5.74, 6) is 0.319. The fraction of sp³-hybridized carbons (Fsp3) is 0.703. The lowest BCUT2D eigenvalue weighted by Crippen LogP contribution is -2.45. The maximum atomic E-state index is 11.8. The van der Waals surface area contributed by atoms with Gasteiger partial charge in [0.05, 0.1) is 18.3 Å². The number of unbranched alkanes of at least 4 members (excludes halogenated alkanes) is 1. The molecule has 0 aliphatic heterocycles. The lowest BCUT2D eigenvalue weighted by atomic mass is 9.89. The monoisotopic (exact) mass is 643 g/mol. The quantitative estimate of drug-likeness (QED) is 0.107. The largest absolute Gasteiger partial charge is 0.414 e. The molecule has 5 atom stereocenters. The molecule has 7 heteroatoms. The number of hydrogen-bond donors (Lipinski definition) is 2. The molecular formula is C37H65NO4Si2. The first-order valence-corrected chi connectivity index (χ1v) is 22.9. The van der Waals surface area contributed by atoms with Crippen molar-refractivity contribution < 1.29 is 18.8 Å². The molecule has 2 N–H and O–H groups in total. The highest BCUT2D eigenvalue weighted by Gasteiger charge is 2.47. The third-order valence-corrected chi connectivity index (χ3v) is 19.2. The fourth-order valence-electron chi connectivity index (χ4n) is 5.37. The van der Waals surface area contributed by atoms with Gasteiger partial charge in [-0.15, -0.1) is 0 Å². The standard InChI is InChI=1S/C37H65NO4Si2/c1-12-38-35(40)23-19-14-13-18-22-32-31(33(39)28-34(32)42-44(10,11)37(5,6)7)27-26-30(41-43(8,9)36(2,3)4)25-24-29-20-16-15-17-21-29/h13,15-18,20-21,26-27,30-34,39H,12,14,19,22-25,28H2,1-11H3,(H,38,40)/t30-,31+,32+,33+,34-/m0/s1. The summed E-state index contributed by atoms with van der Waals surface area (Å²) in [6, 6.07) is 10.6. The van der Waals surface area contributed by atoms with Gasteiger partial charge in [0.1, 0.15) is 0 Å². The highest BCUT2D eigenvalue weighted by atomic mass is 28.4. The molecule has 44 heavy (non-hydrogen) atoms. The molecule has 1 aromatic carbocycles. The molecule has 250 valence electrons. The van der Waals surface area contributed by atoms with Crippen LogP contribution in [0.25, 0.3) is 0 Å². The summed E-state index contributed by atoms with van der Waals surface area (Å²) in [6.07, 6.45) is 14.2. The number of aliphatic hydroxyl groups is 1. The average molecular weight is 644 g/mol. The van der Waals surface area contributed by atoms with Crippen LogP contribution in [0.3, 0.4) is 0 Å². The van der Waals surface area contributed by atoms with Gasteiger partial charge in [0, 0.05) is 18.9 Å². The number of carbonyl (C=O) groups excluding carboxylic acids is 1. The smallest absolute Gasteiger partial charge is 0.219 e. The van der Waals surface area contributed by atoms with E-state index < -0.39 is 22.7 Å². The van der Waals surface area contributed by atoms with Crippen molar-refractivity contribution in [3.05, 3.63) is 60.2 Å². The minimum absolute atomic E-state index is 0.00545. The molecule has 1 amide bonds. The number of rotatable bonds is 16. The Morgan fingerprint density at radius 1 is 1.02 bits per heavy atom. The third kappa shape index (κ3) is 12.0. The first kappa shape index (κ1) is 38.7. The zero-order chi connectivity index (χ0) is 33.2. The van der Waals surface area contributed by atoms with Crippen LogP contribution in [0.1, 0.15) is 92.6 Å². The van der Waals surface area contributed by atoms with E-state index in [2.05, 4.69) is 128 Å². The summed E-state index contributed by atoms with van der Waals surface area (Å²) < 4.78 is 14.0. The Kier molecular flexibility index (Phi) is 14.8. The number of aryl methyl sites for hydroxylation is 1. The molecule has 0 radical (unpaired) electrons. The van der Waals surface area contributed by atoms with Crippen molar-refractivity contribution in [3.63, 3.8) is 0 Å². The fourth-order valence-corrected chi connectivity index (χ4v) is 8.05. The van der Waals surface area contributed by atoms with Crippen LogP contribution in [-0.2, 0) is 20.1 Å². The van der Waals surface area contributed by atoms with Gasteiger partial charge >= 0.3 is 0 Å². The highest BCUT2D eigenvalue weighted by Crippen LogP contribution is 2.44. The molecule has 1 saturated carbocycles. The molecule has 0 heterocycles. The Balaban J connectivity index is 2.28. The molecule has 0 spiro atoms. The van der Waals surface area contributed by atoms with Crippen molar-refractivity contribution in [3.8, 4) is 0 Å². The van der Waals surface area contributed by atoms with Gasteiger partial charge in [-0.1, -0.05) is 96.2 Å². The Morgan fingerprint density at radius 2 is 1.66 bits per heavy atom. The maximum Gasteiger partial charge on any atom is 0.219 e. The molecule has 2 rings (SSSR count). The zero-order valence-electron chi connectivity index (χ0n) is 29.9. The van der Waals surface area contributed by atoms with Crippen LogP contribution in [0.4, 0.5) is 0 Å². The molecule has 0 saturated heterocycles. The Labute approximate surface area is 272 Å². The van der Waals surface area contributed by atoms with Gasteiger partial charge in [0.25, 0.3) is 0 Å². The predicted octanol–water partition coefficient (Wildman–Crippen LogP) is 9.21. The molecule has 0 aromatic heterocycles. The van der Waals surface area contributed by atoms with Crippen molar-refractivity contribution in [2.45, 2.75) is 148 Å². The van der Waals surface area contributed by atoms with Crippen LogP contribution in [-0.4, -0.2) is 52.5 Å². The van der Waals surface area contributed by atoms with Gasteiger partial charge in [-0.3, -0.25) is 4.79 Å². The molecule has 1 aromatic rings. The van der Waals surface area contributed by atoms with Crippen LogP contribution in [0, 0.1) is 11.8 Å². The average Bonchev–Trinajstić information content (AvgIpc) is 3.19. The Morgan fingerprint density at radius 3 is 2.25 bits per heavy atom. The van der Waals surface area contributed by atoms with E-state index in [1.54, 1.807) is 0 Å². The molecule has 0 unspecified atom stereocenters. The molecule has 0 bridgehead atoms. The molecule has 1 fully saturated rings. The van der Waals surface area contributed by atoms with E-state index in [9.17, 15) is 9.90 Å². The number of hydrogen-bond acceptors (Lipinski definition) is 4. The number of allylic oxidation sites excluding steroid dienone is 2. The number of nitrogens with one attached hydrogen (secondary N) is 1. The number of amides is 1. The minimum Gasteiger partial charge on any atom is -0.414 e. The van der Waals surface area contributed by atoms with Gasteiger partial charge in [0.2, 0.25) is 5.91 Å². The van der Waals surface area contributed by atoms with Gasteiger partial charge in [-0.2, -0.15) is 0 Å². The lowest BCUT2D eigenvalue weighted by molar-refractivity contribution is -0.121. The summed E-state index contributed by atoms with van der Waals surface area (Å²) in [5.41, 5.74) is 1.32. The van der Waals surface area contributed by atoms with Crippen LogP contribution in [0.5, 0.6) is 0 Å². The van der Waals surface area contributed by atoms with E-state index in [4.69, 9.17) is 8.85 Å². The van der Waals surface area contributed by atoms with Crippen LogP contribution in [0.2, 0.25) is 36.3 Å². The van der Waals surface area contributed by atoms with E-state index >= 15 is 0 Å². The SMILES string of the molecule is CCNC(=O)CCCC=CC[C@@H]1[C@@H](C=C[C@H](CCc2ccccc2)O[Si](C)(C)C(C)(C)C)[C@H](O)C[C@@H]1O[Si](C)(C)C(C)(C)C. The Hall–Kier alpha value is -1.52. The van der Waals surface area contributed by atoms with Crippen molar-refractivity contribution in [2.24, 2.45) is 11.8 Å². The van der Waals surface area contributed by atoms with E-state index in [-0.39, 0.29) is 40.0 Å². The number of aliphatic hydroxyl groups excluding tert-OH is 1. The summed E-state index contributed by atoms with van der Waals surface area (Å²) in [6.45, 7) is 25.6. The van der Waals surface area contributed by atoms with Crippen molar-refractivity contribution in [1.29, 1.82) is 0 Å². The normalized spacial score (nSPS) is 22.6. The summed E-state index contributed by atoms with van der Waals surface area (Å²) in [7, 11) is -4.03. The number of carbonyl (C=O) groups is 1. The van der Waals surface area contributed by atoms with E-state index in [1.165, 1.54) is 5.56 Å². The van der Waals surface area contributed by atoms with Gasteiger partial charge in [-0.05, 0) is 93.2 Å². The van der Waals surface area contributed by atoms with Crippen LogP contribution < -0.4 is 5.32 Å². The molecule has 1 aliphatic carbocycles. The maximum absolute atomic E-state index is 11.8. The topological polar surface area (TPSA) is 67.8 Å². The summed E-state index contributed by atoms with van der Waals surface area (Å²) >= 11 is 0. The van der Waals surface area contributed by atoms with Crippen LogP contribution in [0.15, 0.2) is 54.6 Å². The van der Waals surface area contributed by atoms with Crippen molar-refractivity contribution in [2.75, 3.05) is 6.54 Å². The van der Waals surface area contributed by atoms with Gasteiger partial charge in [-0.25, -0.2) is 0 Å². The van der Waals surface area contributed by atoms with E-state index in [1.807, 2.05) is 6.92 Å². The molecule has 1 aliphatic rings. The molecule has 5 nitrogen and oxygen atoms in total. The van der Waals surface area contributed by atoms with Gasteiger partial charge in [0.15, 0.2) is 16.6 Å². The number of benzene rings is 1. The van der Waals surface area contributed by atoms with Gasteiger partial charge < -0.3 is 19.3 Å². The van der Waals surface area contributed by atoms with Crippen molar-refractivity contribution in [1.82, 2.24) is 5.32 Å². The minimum atomic E-state index is -2.02.